The lowest BCUT2D eigenvalue weighted by Crippen LogP contribution is -2.25. The first-order valence-corrected chi connectivity index (χ1v) is 3.66. The number of rotatable bonds is 3. The summed E-state index contributed by atoms with van der Waals surface area (Å²) >= 11 is 0. The molecule has 62 valence electrons. The van der Waals surface area contributed by atoms with Gasteiger partial charge in [-0.3, -0.25) is 0 Å². The van der Waals surface area contributed by atoms with Crippen LogP contribution in [0.4, 0.5) is 0 Å². The highest BCUT2D eigenvalue weighted by molar-refractivity contribution is 4.98. The van der Waals surface area contributed by atoms with Crippen molar-refractivity contribution in [2.75, 3.05) is 7.11 Å². The molecule has 0 unspecified atom stereocenters. The quantitative estimate of drug-likeness (QED) is 0.714. The summed E-state index contributed by atoms with van der Waals surface area (Å²) < 4.78 is 5.26. The number of methoxy groups -OCH3 is 1. The van der Waals surface area contributed by atoms with Crippen molar-refractivity contribution in [1.29, 1.82) is 0 Å². The molecular formula is C8H14N2O. The Morgan fingerprint density at radius 2 is 2.36 bits per heavy atom. The van der Waals surface area contributed by atoms with Crippen molar-refractivity contribution < 1.29 is 4.74 Å². The van der Waals surface area contributed by atoms with Crippen LogP contribution in [0, 0.1) is 0 Å². The Morgan fingerprint density at radius 1 is 1.64 bits per heavy atom. The molecular weight excluding hydrogens is 140 g/mol. The highest BCUT2D eigenvalue weighted by Crippen LogP contribution is 2.13. The highest BCUT2D eigenvalue weighted by atomic mass is 16.5. The molecule has 0 aliphatic carbocycles. The zero-order valence-corrected chi connectivity index (χ0v) is 7.22. The average Bonchev–Trinajstić information content (AvgIpc) is 2.39. The van der Waals surface area contributed by atoms with E-state index in [2.05, 4.69) is 9.97 Å². The molecule has 0 fully saturated rings. The fourth-order valence-corrected chi connectivity index (χ4v) is 0.912. The van der Waals surface area contributed by atoms with Crippen molar-refractivity contribution in [1.82, 2.24) is 9.97 Å². The van der Waals surface area contributed by atoms with Crippen LogP contribution in [0.25, 0.3) is 0 Å². The van der Waals surface area contributed by atoms with E-state index in [9.17, 15) is 0 Å². The van der Waals surface area contributed by atoms with Crippen molar-refractivity contribution in [2.24, 2.45) is 0 Å². The molecule has 0 aliphatic rings. The van der Waals surface area contributed by atoms with Crippen molar-refractivity contribution in [3.8, 4) is 0 Å². The third kappa shape index (κ3) is 2.35. The Labute approximate surface area is 66.8 Å². The topological polar surface area (TPSA) is 37.9 Å². The van der Waals surface area contributed by atoms with Gasteiger partial charge in [0.2, 0.25) is 0 Å². The fraction of sp³-hybridized carbons (Fsp3) is 0.625. The largest absolute Gasteiger partial charge is 0.378 e. The Kier molecular flexibility index (Phi) is 2.29. The SMILES string of the molecule is COC(C)(C)Cc1cnc[nH]1. The van der Waals surface area contributed by atoms with Crippen molar-refractivity contribution in [3.63, 3.8) is 0 Å². The molecule has 1 heterocycles. The zero-order valence-electron chi connectivity index (χ0n) is 7.22. The van der Waals surface area contributed by atoms with Gasteiger partial charge in [0.1, 0.15) is 0 Å². The van der Waals surface area contributed by atoms with Gasteiger partial charge in [0.25, 0.3) is 0 Å². The van der Waals surface area contributed by atoms with Gasteiger partial charge in [-0.15, -0.1) is 0 Å². The third-order valence-electron chi connectivity index (χ3n) is 1.72. The summed E-state index contributed by atoms with van der Waals surface area (Å²) in [6, 6.07) is 0. The summed E-state index contributed by atoms with van der Waals surface area (Å²) in [5.74, 6) is 0. The van der Waals surface area contributed by atoms with Crippen LogP contribution >= 0.6 is 0 Å². The van der Waals surface area contributed by atoms with Crippen LogP contribution in [0.15, 0.2) is 12.5 Å². The Hall–Kier alpha value is -0.830. The van der Waals surface area contributed by atoms with Crippen LogP contribution < -0.4 is 0 Å². The molecule has 0 amide bonds. The molecule has 0 aliphatic heterocycles. The van der Waals surface area contributed by atoms with Crippen LogP contribution in [0.2, 0.25) is 0 Å². The Balaban J connectivity index is 2.56. The van der Waals surface area contributed by atoms with E-state index >= 15 is 0 Å². The van der Waals surface area contributed by atoms with Gasteiger partial charge in [-0.25, -0.2) is 4.98 Å². The molecule has 0 aromatic carbocycles. The normalized spacial score (nSPS) is 11.9. The van der Waals surface area contributed by atoms with E-state index in [1.54, 1.807) is 13.4 Å². The van der Waals surface area contributed by atoms with Gasteiger partial charge in [0, 0.05) is 25.4 Å². The molecule has 0 spiro atoms. The summed E-state index contributed by atoms with van der Waals surface area (Å²) in [6.45, 7) is 4.10. The predicted molar refractivity (Wildman–Crippen MR) is 43.4 cm³/mol. The molecule has 1 N–H and O–H groups in total. The number of aromatic nitrogens is 2. The summed E-state index contributed by atoms with van der Waals surface area (Å²) in [5.41, 5.74) is 1.00. The zero-order chi connectivity index (χ0) is 8.32. The van der Waals surface area contributed by atoms with E-state index in [0.717, 1.165) is 12.1 Å². The number of imidazole rings is 1. The minimum Gasteiger partial charge on any atom is -0.378 e. The lowest BCUT2D eigenvalue weighted by atomic mass is 10.0. The summed E-state index contributed by atoms with van der Waals surface area (Å²) in [4.78, 5) is 6.97. The number of nitrogens with one attached hydrogen (secondary N) is 1. The number of hydrogen-bond acceptors (Lipinski definition) is 2. The molecule has 0 atom stereocenters. The second-order valence-electron chi connectivity index (χ2n) is 3.22. The second kappa shape index (κ2) is 3.05. The molecule has 1 aromatic heterocycles. The van der Waals surface area contributed by atoms with E-state index in [0.29, 0.717) is 0 Å². The van der Waals surface area contributed by atoms with Crippen LogP contribution in [-0.4, -0.2) is 22.7 Å². The van der Waals surface area contributed by atoms with Gasteiger partial charge >= 0.3 is 0 Å². The molecule has 0 bridgehead atoms. The number of ether oxygens (including phenoxy) is 1. The van der Waals surface area contributed by atoms with Crippen LogP contribution in [-0.2, 0) is 11.2 Å². The Morgan fingerprint density at radius 3 is 2.82 bits per heavy atom. The van der Waals surface area contributed by atoms with Gasteiger partial charge in [0.15, 0.2) is 0 Å². The maximum atomic E-state index is 5.26. The first-order chi connectivity index (χ1) is 5.14. The van der Waals surface area contributed by atoms with E-state index in [1.165, 1.54) is 0 Å². The lowest BCUT2D eigenvalue weighted by Gasteiger charge is -2.21. The first kappa shape index (κ1) is 8.27. The molecule has 0 saturated heterocycles. The van der Waals surface area contributed by atoms with E-state index in [-0.39, 0.29) is 5.60 Å². The summed E-state index contributed by atoms with van der Waals surface area (Å²) in [7, 11) is 1.72. The van der Waals surface area contributed by atoms with Crippen LogP contribution in [0.5, 0.6) is 0 Å². The molecule has 0 saturated carbocycles. The summed E-state index contributed by atoms with van der Waals surface area (Å²) in [5, 5.41) is 0. The van der Waals surface area contributed by atoms with Crippen molar-refractivity contribution in [3.05, 3.63) is 18.2 Å². The predicted octanol–water partition coefficient (Wildman–Crippen LogP) is 1.38. The summed E-state index contributed by atoms with van der Waals surface area (Å²) in [6.07, 6.45) is 4.37. The third-order valence-corrected chi connectivity index (χ3v) is 1.72. The number of nitrogens with zero attached hydrogens (tertiary/aromatic N) is 1. The maximum absolute atomic E-state index is 5.26. The highest BCUT2D eigenvalue weighted by Gasteiger charge is 2.17. The van der Waals surface area contributed by atoms with Gasteiger partial charge in [-0.1, -0.05) is 0 Å². The van der Waals surface area contributed by atoms with Crippen molar-refractivity contribution in [2.45, 2.75) is 25.9 Å². The van der Waals surface area contributed by atoms with Gasteiger partial charge in [-0.05, 0) is 13.8 Å². The number of aromatic amines is 1. The average molecular weight is 154 g/mol. The van der Waals surface area contributed by atoms with E-state index in [4.69, 9.17) is 4.74 Å². The minimum absolute atomic E-state index is 0.105. The van der Waals surface area contributed by atoms with Gasteiger partial charge in [0.05, 0.1) is 11.9 Å². The lowest BCUT2D eigenvalue weighted by molar-refractivity contribution is 0.0225. The van der Waals surface area contributed by atoms with E-state index < -0.39 is 0 Å². The Bertz CT molecular complexity index is 204. The minimum atomic E-state index is -0.105. The van der Waals surface area contributed by atoms with Crippen LogP contribution in [0.1, 0.15) is 19.5 Å². The molecule has 1 aromatic rings. The fourth-order valence-electron chi connectivity index (χ4n) is 0.912. The molecule has 0 radical (unpaired) electrons. The van der Waals surface area contributed by atoms with Crippen molar-refractivity contribution >= 4 is 0 Å². The van der Waals surface area contributed by atoms with Gasteiger partial charge < -0.3 is 9.72 Å². The smallest absolute Gasteiger partial charge is 0.0921 e. The van der Waals surface area contributed by atoms with Crippen LogP contribution in [0.3, 0.4) is 0 Å². The second-order valence-corrected chi connectivity index (χ2v) is 3.22. The monoisotopic (exact) mass is 154 g/mol. The standard InChI is InChI=1S/C8H14N2O/c1-8(2,11-3)4-7-5-9-6-10-7/h5-6H,4H2,1-3H3,(H,9,10). The number of H-pyrrole nitrogens is 1. The number of hydrogen-bond donors (Lipinski definition) is 1. The molecule has 3 heteroatoms. The van der Waals surface area contributed by atoms with E-state index in [1.807, 2.05) is 20.0 Å². The molecule has 3 nitrogen and oxygen atoms in total. The molecule has 1 rings (SSSR count). The van der Waals surface area contributed by atoms with Gasteiger partial charge in [-0.2, -0.15) is 0 Å². The maximum Gasteiger partial charge on any atom is 0.0921 e. The first-order valence-electron chi connectivity index (χ1n) is 3.66. The molecule has 11 heavy (non-hydrogen) atoms.